The van der Waals surface area contributed by atoms with Crippen LogP contribution in [-0.2, 0) is 42.9 Å². The first kappa shape index (κ1) is 27.6. The molecule has 10 nitrogen and oxygen atoms in total. The number of hydrogen-bond acceptors (Lipinski definition) is 10. The van der Waals surface area contributed by atoms with Crippen LogP contribution >= 0.6 is 11.6 Å². The SMILES string of the molecule is C=C1C[C@@H](O)[C@@H]2O[C@@]3([C@@H](C)C(=O)O[C@H]3[C@H]1Cl)[C@@H](OC(C)=O)[C@@H]1[C@]2(C)C=C[C@@H](OC(C)=O)[C@@]1(C)OC(C)=O. The molecule has 37 heavy (non-hydrogen) atoms. The number of hydrogen-bond donors (Lipinski definition) is 1. The van der Waals surface area contributed by atoms with Crippen molar-refractivity contribution in [1.29, 1.82) is 0 Å². The molecule has 204 valence electrons. The molecule has 3 fully saturated rings. The van der Waals surface area contributed by atoms with Crippen LogP contribution in [0.4, 0.5) is 0 Å². The Hall–Kier alpha value is -2.43. The van der Waals surface area contributed by atoms with Crippen molar-refractivity contribution in [3.8, 4) is 0 Å². The van der Waals surface area contributed by atoms with Crippen molar-refractivity contribution < 1.29 is 48.0 Å². The molecule has 0 aromatic heterocycles. The number of halogens is 1. The summed E-state index contributed by atoms with van der Waals surface area (Å²) < 4.78 is 29.8. The molecule has 11 atom stereocenters. The first-order valence-electron chi connectivity index (χ1n) is 12.2. The van der Waals surface area contributed by atoms with Gasteiger partial charge in [-0.1, -0.05) is 25.2 Å². The van der Waals surface area contributed by atoms with Gasteiger partial charge in [-0.05, 0) is 26.3 Å². The first-order chi connectivity index (χ1) is 17.1. The smallest absolute Gasteiger partial charge is 0.312 e. The molecule has 11 heteroatoms. The zero-order chi connectivity index (χ0) is 27.7. The van der Waals surface area contributed by atoms with E-state index in [2.05, 4.69) is 6.58 Å². The zero-order valence-corrected chi connectivity index (χ0v) is 22.4. The fraction of sp³-hybridized carbons (Fsp3) is 0.692. The maximum absolute atomic E-state index is 13.1. The maximum atomic E-state index is 13.1. The molecule has 1 N–H and O–H groups in total. The average molecular weight is 541 g/mol. The summed E-state index contributed by atoms with van der Waals surface area (Å²) in [5.74, 6) is -4.57. The van der Waals surface area contributed by atoms with Crippen LogP contribution in [0, 0.1) is 17.3 Å². The summed E-state index contributed by atoms with van der Waals surface area (Å²) >= 11 is 6.77. The lowest BCUT2D eigenvalue weighted by molar-refractivity contribution is -0.329. The van der Waals surface area contributed by atoms with Crippen molar-refractivity contribution in [3.05, 3.63) is 24.3 Å². The minimum Gasteiger partial charge on any atom is -0.459 e. The molecule has 4 aliphatic rings. The Morgan fingerprint density at radius 2 is 1.73 bits per heavy atom. The van der Waals surface area contributed by atoms with E-state index >= 15 is 0 Å². The lowest BCUT2D eigenvalue weighted by atomic mass is 9.51. The van der Waals surface area contributed by atoms with Crippen LogP contribution in [0.15, 0.2) is 24.3 Å². The third-order valence-electron chi connectivity index (χ3n) is 8.32. The highest BCUT2D eigenvalue weighted by atomic mass is 35.5. The first-order valence-corrected chi connectivity index (χ1v) is 12.6. The molecule has 3 heterocycles. The molecule has 0 amide bonds. The predicted octanol–water partition coefficient (Wildman–Crippen LogP) is 1.99. The fourth-order valence-electron chi connectivity index (χ4n) is 6.87. The van der Waals surface area contributed by atoms with Crippen LogP contribution in [-0.4, -0.2) is 76.1 Å². The van der Waals surface area contributed by atoms with Crippen molar-refractivity contribution in [2.45, 2.75) is 95.1 Å². The van der Waals surface area contributed by atoms with E-state index < -0.39 is 88.2 Å². The van der Waals surface area contributed by atoms with Gasteiger partial charge in [-0.3, -0.25) is 19.2 Å². The number of rotatable bonds is 3. The summed E-state index contributed by atoms with van der Waals surface area (Å²) in [6, 6.07) is 0. The molecule has 0 aromatic rings. The van der Waals surface area contributed by atoms with Gasteiger partial charge in [0.05, 0.1) is 29.4 Å². The largest absolute Gasteiger partial charge is 0.459 e. The number of aliphatic hydroxyl groups is 1. The van der Waals surface area contributed by atoms with E-state index in [1.165, 1.54) is 20.8 Å². The van der Waals surface area contributed by atoms with E-state index in [1.54, 1.807) is 32.9 Å². The summed E-state index contributed by atoms with van der Waals surface area (Å²) in [4.78, 5) is 50.1. The van der Waals surface area contributed by atoms with E-state index in [1.807, 2.05) is 0 Å². The van der Waals surface area contributed by atoms with Gasteiger partial charge in [0.2, 0.25) is 0 Å². The van der Waals surface area contributed by atoms with Crippen LogP contribution in [0.5, 0.6) is 0 Å². The van der Waals surface area contributed by atoms with Crippen LogP contribution < -0.4 is 0 Å². The summed E-state index contributed by atoms with van der Waals surface area (Å²) in [7, 11) is 0. The molecular formula is C26H33ClO10. The van der Waals surface area contributed by atoms with Gasteiger partial charge >= 0.3 is 23.9 Å². The Morgan fingerprint density at radius 3 is 2.30 bits per heavy atom. The molecule has 1 aliphatic carbocycles. The quantitative estimate of drug-likeness (QED) is 0.245. The van der Waals surface area contributed by atoms with Crippen molar-refractivity contribution in [2.75, 3.05) is 0 Å². The standard InChI is InChI=1S/C26H33ClO10/c1-11-10-16(31)20-24(6)9-8-17(33-13(3)28)25(7,36-15(5)30)19(24)22(34-14(4)29)26(37-20)12(2)23(32)35-21(26)18(11)27/h8-9,12,16-22,31H,1,10H2,2-7H3/t12-,16+,17+,18-,19+,20-,21-,22-,24-,25+,26+/m0/s1. The third-order valence-corrected chi connectivity index (χ3v) is 8.86. The molecule has 4 rings (SSSR count). The fourth-order valence-corrected chi connectivity index (χ4v) is 7.21. The summed E-state index contributed by atoms with van der Waals surface area (Å²) in [5, 5.41) is 10.4. The zero-order valence-electron chi connectivity index (χ0n) is 21.7. The molecule has 3 saturated heterocycles. The van der Waals surface area contributed by atoms with Gasteiger partial charge in [-0.25, -0.2) is 0 Å². The molecule has 0 radical (unpaired) electrons. The second-order valence-corrected chi connectivity index (χ2v) is 11.3. The molecular weight excluding hydrogens is 508 g/mol. The van der Waals surface area contributed by atoms with Crippen molar-refractivity contribution in [2.24, 2.45) is 17.3 Å². The number of ether oxygens (including phenoxy) is 5. The van der Waals surface area contributed by atoms with Crippen LogP contribution in [0.3, 0.4) is 0 Å². The Morgan fingerprint density at radius 1 is 1.11 bits per heavy atom. The normalized spacial score (nSPS) is 46.5. The lowest BCUT2D eigenvalue weighted by Gasteiger charge is -2.64. The van der Waals surface area contributed by atoms with E-state index in [9.17, 15) is 24.3 Å². The molecule has 3 aliphatic heterocycles. The highest BCUT2D eigenvalue weighted by Gasteiger charge is 2.77. The van der Waals surface area contributed by atoms with Gasteiger partial charge in [0.15, 0.2) is 23.4 Å². The van der Waals surface area contributed by atoms with Crippen molar-refractivity contribution >= 4 is 35.5 Å². The molecule has 0 saturated carbocycles. The third kappa shape index (κ3) is 3.99. The number of aliphatic hydroxyl groups excluding tert-OH is 1. The van der Waals surface area contributed by atoms with E-state index in [0.29, 0.717) is 5.57 Å². The second-order valence-electron chi connectivity index (χ2n) is 10.8. The topological polar surface area (TPSA) is 135 Å². The summed E-state index contributed by atoms with van der Waals surface area (Å²) in [6.07, 6.45) is -2.27. The Balaban J connectivity index is 2.06. The minimum atomic E-state index is -1.68. The van der Waals surface area contributed by atoms with Crippen LogP contribution in [0.25, 0.3) is 0 Å². The Bertz CT molecular complexity index is 1070. The Labute approximate surface area is 220 Å². The van der Waals surface area contributed by atoms with E-state index in [-0.39, 0.29) is 6.42 Å². The average Bonchev–Trinajstić information content (AvgIpc) is 3.01. The van der Waals surface area contributed by atoms with Gasteiger partial charge in [0, 0.05) is 26.2 Å². The van der Waals surface area contributed by atoms with Gasteiger partial charge in [-0.15, -0.1) is 11.6 Å². The summed E-state index contributed by atoms with van der Waals surface area (Å²) in [6.45, 7) is 12.6. The minimum absolute atomic E-state index is 0.0450. The molecule has 2 bridgehead atoms. The van der Waals surface area contributed by atoms with Gasteiger partial charge < -0.3 is 28.8 Å². The second kappa shape index (κ2) is 9.10. The summed E-state index contributed by atoms with van der Waals surface area (Å²) in [5.41, 5.74) is -3.99. The predicted molar refractivity (Wildman–Crippen MR) is 128 cm³/mol. The number of alkyl halides is 1. The maximum Gasteiger partial charge on any atom is 0.312 e. The highest BCUT2D eigenvalue weighted by Crippen LogP contribution is 2.62. The number of fused-ring (bicyclic) bond motifs is 3. The molecule has 0 unspecified atom stereocenters. The van der Waals surface area contributed by atoms with Crippen LogP contribution in [0.2, 0.25) is 0 Å². The van der Waals surface area contributed by atoms with Gasteiger partial charge in [0.25, 0.3) is 0 Å². The van der Waals surface area contributed by atoms with Crippen molar-refractivity contribution in [1.82, 2.24) is 0 Å². The molecule has 1 spiro atoms. The number of carbonyl (C=O) groups is 4. The number of carbonyl (C=O) groups excluding carboxylic acids is 4. The highest BCUT2D eigenvalue weighted by molar-refractivity contribution is 6.23. The van der Waals surface area contributed by atoms with E-state index in [4.69, 9.17) is 35.3 Å². The van der Waals surface area contributed by atoms with E-state index in [0.717, 1.165) is 0 Å². The van der Waals surface area contributed by atoms with Crippen molar-refractivity contribution in [3.63, 3.8) is 0 Å². The van der Waals surface area contributed by atoms with Crippen LogP contribution in [0.1, 0.15) is 48.0 Å². The monoisotopic (exact) mass is 540 g/mol. The number of esters is 4. The lowest BCUT2D eigenvalue weighted by Crippen LogP contribution is -2.78. The molecule has 0 aromatic carbocycles. The van der Waals surface area contributed by atoms with Gasteiger partial charge in [-0.2, -0.15) is 0 Å². The van der Waals surface area contributed by atoms with Gasteiger partial charge in [0.1, 0.15) is 6.10 Å². The Kier molecular flexibility index (Phi) is 6.79.